The number of primary amides is 1. The standard InChI is InChI=1S/C22H29N7O2/c1-5-17(30)29-12-6-7-16(13-29)25-21-26-20(18(19(23)31)27-28-21)24-15-10-8-14(9-11-15)22(2,3)4/h5,8-11,16H,1,6-7,12-13H2,2-4H3,(H2,23,31)(H2,24,25,26,28)/t16-/m1/s1. The number of carbonyl (C=O) groups is 2. The van der Waals surface area contributed by atoms with Crippen LogP contribution >= 0.6 is 0 Å². The molecule has 4 N–H and O–H groups in total. The van der Waals surface area contributed by atoms with E-state index in [-0.39, 0.29) is 34.8 Å². The fraction of sp³-hybridized carbons (Fsp3) is 0.409. The maximum atomic E-state index is 11.9. The Bertz CT molecular complexity index is 967. The van der Waals surface area contributed by atoms with Crippen LogP contribution in [0.4, 0.5) is 17.5 Å². The van der Waals surface area contributed by atoms with E-state index in [4.69, 9.17) is 5.73 Å². The first-order valence-corrected chi connectivity index (χ1v) is 10.3. The zero-order chi connectivity index (χ0) is 22.6. The molecule has 0 aliphatic carbocycles. The van der Waals surface area contributed by atoms with Crippen LogP contribution in [-0.4, -0.2) is 51.0 Å². The second kappa shape index (κ2) is 9.11. The smallest absolute Gasteiger partial charge is 0.273 e. The normalized spacial score (nSPS) is 16.5. The van der Waals surface area contributed by atoms with Crippen LogP contribution in [0.25, 0.3) is 0 Å². The molecule has 2 amide bonds. The number of likely N-dealkylation sites (tertiary alicyclic amines) is 1. The van der Waals surface area contributed by atoms with Crippen LogP contribution in [0.5, 0.6) is 0 Å². The molecule has 1 saturated heterocycles. The van der Waals surface area contributed by atoms with Gasteiger partial charge in [0.25, 0.3) is 5.91 Å². The molecule has 164 valence electrons. The molecular formula is C22H29N7O2. The van der Waals surface area contributed by atoms with Crippen LogP contribution in [0, 0.1) is 0 Å². The van der Waals surface area contributed by atoms with Crippen molar-refractivity contribution >= 4 is 29.3 Å². The van der Waals surface area contributed by atoms with E-state index in [9.17, 15) is 9.59 Å². The highest BCUT2D eigenvalue weighted by atomic mass is 16.2. The fourth-order valence-electron chi connectivity index (χ4n) is 3.44. The summed E-state index contributed by atoms with van der Waals surface area (Å²) in [4.78, 5) is 29.9. The lowest BCUT2D eigenvalue weighted by atomic mass is 9.87. The second-order valence-corrected chi connectivity index (χ2v) is 8.62. The molecule has 3 rings (SSSR count). The predicted molar refractivity (Wildman–Crippen MR) is 120 cm³/mol. The van der Waals surface area contributed by atoms with Crippen molar-refractivity contribution in [2.45, 2.75) is 45.1 Å². The highest BCUT2D eigenvalue weighted by molar-refractivity contribution is 5.96. The fourth-order valence-corrected chi connectivity index (χ4v) is 3.44. The van der Waals surface area contributed by atoms with Crippen LogP contribution < -0.4 is 16.4 Å². The Morgan fingerprint density at radius 1 is 1.23 bits per heavy atom. The van der Waals surface area contributed by atoms with Crippen LogP contribution in [0.15, 0.2) is 36.9 Å². The third kappa shape index (κ3) is 5.56. The van der Waals surface area contributed by atoms with Gasteiger partial charge in [0, 0.05) is 24.8 Å². The van der Waals surface area contributed by atoms with Crippen molar-refractivity contribution in [3.05, 3.63) is 48.2 Å². The first-order valence-electron chi connectivity index (χ1n) is 10.3. The van der Waals surface area contributed by atoms with E-state index in [0.717, 1.165) is 18.5 Å². The number of nitrogens with two attached hydrogens (primary N) is 1. The Balaban J connectivity index is 1.78. The molecule has 1 aliphatic heterocycles. The van der Waals surface area contributed by atoms with Crippen molar-refractivity contribution in [2.24, 2.45) is 5.73 Å². The number of benzene rings is 1. The topological polar surface area (TPSA) is 126 Å². The lowest BCUT2D eigenvalue weighted by Gasteiger charge is -2.32. The number of hydrogen-bond acceptors (Lipinski definition) is 7. The summed E-state index contributed by atoms with van der Waals surface area (Å²) in [7, 11) is 0. The van der Waals surface area contributed by atoms with Crippen LogP contribution in [0.2, 0.25) is 0 Å². The van der Waals surface area contributed by atoms with Gasteiger partial charge >= 0.3 is 0 Å². The maximum Gasteiger partial charge on any atom is 0.273 e. The predicted octanol–water partition coefficient (Wildman–Crippen LogP) is 2.60. The van der Waals surface area contributed by atoms with Crippen molar-refractivity contribution in [3.8, 4) is 0 Å². The molecule has 2 heterocycles. The van der Waals surface area contributed by atoms with Gasteiger partial charge in [-0.25, -0.2) is 0 Å². The number of rotatable bonds is 6. The third-order valence-electron chi connectivity index (χ3n) is 5.17. The molecule has 0 unspecified atom stereocenters. The van der Waals surface area contributed by atoms with E-state index in [2.05, 4.69) is 53.2 Å². The zero-order valence-electron chi connectivity index (χ0n) is 18.2. The van der Waals surface area contributed by atoms with Gasteiger partial charge in [-0.15, -0.1) is 10.2 Å². The summed E-state index contributed by atoms with van der Waals surface area (Å²) in [5, 5.41) is 14.3. The van der Waals surface area contributed by atoms with Gasteiger partial charge in [0.05, 0.1) is 0 Å². The Hall–Kier alpha value is -3.49. The Morgan fingerprint density at radius 2 is 1.94 bits per heavy atom. The molecule has 2 aromatic rings. The number of piperidine rings is 1. The van der Waals surface area contributed by atoms with Gasteiger partial charge in [0.2, 0.25) is 11.9 Å². The van der Waals surface area contributed by atoms with Gasteiger partial charge in [-0.05, 0) is 42.0 Å². The number of aromatic nitrogens is 3. The van der Waals surface area contributed by atoms with Gasteiger partial charge in [0.15, 0.2) is 11.5 Å². The number of hydrogen-bond donors (Lipinski definition) is 3. The molecule has 0 spiro atoms. The second-order valence-electron chi connectivity index (χ2n) is 8.62. The van der Waals surface area contributed by atoms with Crippen molar-refractivity contribution in [1.29, 1.82) is 0 Å². The molecule has 0 bridgehead atoms. The first kappa shape index (κ1) is 22.2. The highest BCUT2D eigenvalue weighted by Gasteiger charge is 2.24. The SMILES string of the molecule is C=CC(=O)N1CCC[C@@H](Nc2nnc(C(N)=O)c(Nc3ccc(C(C)(C)C)cc3)n2)C1. The summed E-state index contributed by atoms with van der Waals surface area (Å²) >= 11 is 0. The van der Waals surface area contributed by atoms with E-state index in [0.29, 0.717) is 13.1 Å². The van der Waals surface area contributed by atoms with E-state index in [1.54, 1.807) is 4.90 Å². The third-order valence-corrected chi connectivity index (χ3v) is 5.17. The van der Waals surface area contributed by atoms with Gasteiger partial charge in [-0.3, -0.25) is 9.59 Å². The molecule has 0 saturated carbocycles. The van der Waals surface area contributed by atoms with Crippen LogP contribution in [0.3, 0.4) is 0 Å². The summed E-state index contributed by atoms with van der Waals surface area (Å²) in [6.45, 7) is 11.2. The number of amides is 2. The van der Waals surface area contributed by atoms with E-state index in [1.807, 2.05) is 24.3 Å². The summed E-state index contributed by atoms with van der Waals surface area (Å²) in [5.74, 6) is -0.337. The Morgan fingerprint density at radius 3 is 2.55 bits per heavy atom. The van der Waals surface area contributed by atoms with Crippen LogP contribution in [0.1, 0.15) is 49.7 Å². The highest BCUT2D eigenvalue weighted by Crippen LogP contribution is 2.25. The van der Waals surface area contributed by atoms with E-state index >= 15 is 0 Å². The molecule has 0 radical (unpaired) electrons. The van der Waals surface area contributed by atoms with Gasteiger partial charge < -0.3 is 21.3 Å². The number of anilines is 3. The first-order chi connectivity index (χ1) is 14.7. The molecule has 1 aromatic heterocycles. The molecule has 9 heteroatoms. The average Bonchev–Trinajstić information content (AvgIpc) is 2.73. The molecule has 1 aromatic carbocycles. The molecular weight excluding hydrogens is 394 g/mol. The minimum absolute atomic E-state index is 0.0298. The van der Waals surface area contributed by atoms with Crippen molar-refractivity contribution in [1.82, 2.24) is 20.1 Å². The lowest BCUT2D eigenvalue weighted by molar-refractivity contribution is -0.127. The van der Waals surface area contributed by atoms with Gasteiger partial charge in [-0.1, -0.05) is 39.5 Å². The Kier molecular flexibility index (Phi) is 6.53. The minimum Gasteiger partial charge on any atom is -0.364 e. The van der Waals surface area contributed by atoms with Crippen LogP contribution in [-0.2, 0) is 10.2 Å². The molecule has 31 heavy (non-hydrogen) atoms. The van der Waals surface area contributed by atoms with Crippen molar-refractivity contribution in [2.75, 3.05) is 23.7 Å². The summed E-state index contributed by atoms with van der Waals surface area (Å²) < 4.78 is 0. The van der Waals surface area contributed by atoms with Crippen molar-refractivity contribution < 1.29 is 9.59 Å². The largest absolute Gasteiger partial charge is 0.364 e. The Labute approximate surface area is 182 Å². The summed E-state index contributed by atoms with van der Waals surface area (Å²) in [6.07, 6.45) is 3.03. The monoisotopic (exact) mass is 423 g/mol. The van der Waals surface area contributed by atoms with E-state index in [1.165, 1.54) is 11.6 Å². The quantitative estimate of drug-likeness (QED) is 0.610. The number of carbonyl (C=O) groups excluding carboxylic acids is 2. The minimum atomic E-state index is -0.721. The lowest BCUT2D eigenvalue weighted by Crippen LogP contribution is -2.44. The van der Waals surface area contributed by atoms with Gasteiger partial charge in [-0.2, -0.15) is 4.98 Å². The number of nitrogens with one attached hydrogen (secondary N) is 2. The molecule has 1 fully saturated rings. The van der Waals surface area contributed by atoms with E-state index < -0.39 is 5.91 Å². The van der Waals surface area contributed by atoms with Gasteiger partial charge in [0.1, 0.15) is 0 Å². The summed E-state index contributed by atoms with van der Waals surface area (Å²) in [5.41, 5.74) is 7.38. The molecule has 9 nitrogen and oxygen atoms in total. The summed E-state index contributed by atoms with van der Waals surface area (Å²) in [6, 6.07) is 7.85. The molecule has 1 atom stereocenters. The maximum absolute atomic E-state index is 11.9. The zero-order valence-corrected chi connectivity index (χ0v) is 18.2. The molecule has 1 aliphatic rings. The van der Waals surface area contributed by atoms with Crippen molar-refractivity contribution in [3.63, 3.8) is 0 Å². The average molecular weight is 424 g/mol. The number of nitrogens with zero attached hydrogens (tertiary/aromatic N) is 4.